The van der Waals surface area contributed by atoms with Crippen LogP contribution in [-0.4, -0.2) is 39.7 Å². The molecule has 0 heterocycles. The number of carbonyl (C=O) groups excluding carboxylic acids is 1. The summed E-state index contributed by atoms with van der Waals surface area (Å²) in [4.78, 5) is 11.6. The van der Waals surface area contributed by atoms with Crippen molar-refractivity contribution in [2.24, 2.45) is 0 Å². The lowest BCUT2D eigenvalue weighted by Crippen LogP contribution is -2.38. The number of aliphatic hydroxyl groups is 2. The number of hydrogen-bond acceptors (Lipinski definition) is 5. The minimum atomic E-state index is -1.17. The number of alkyl carbamates (subject to hydrolysis) is 1. The van der Waals surface area contributed by atoms with E-state index in [1.54, 1.807) is 57.2 Å². The maximum absolute atomic E-state index is 11.6. The summed E-state index contributed by atoms with van der Waals surface area (Å²) in [5.74, 6) is 0.164. The van der Waals surface area contributed by atoms with Crippen LogP contribution in [0.1, 0.15) is 32.4 Å². The van der Waals surface area contributed by atoms with Crippen molar-refractivity contribution in [3.63, 3.8) is 0 Å². The van der Waals surface area contributed by atoms with Gasteiger partial charge in [-0.1, -0.05) is 18.2 Å². The molecule has 0 aliphatic heterocycles. The number of fused-ring (bicyclic) bond motifs is 1. The fraction of sp³-hybridized carbons (Fsp3) is 0.389. The molecule has 2 atom stereocenters. The summed E-state index contributed by atoms with van der Waals surface area (Å²) < 4.78 is 5.08. The zero-order valence-corrected chi connectivity index (χ0v) is 14.0. The van der Waals surface area contributed by atoms with Gasteiger partial charge in [0.2, 0.25) is 0 Å². The van der Waals surface area contributed by atoms with E-state index in [0.717, 1.165) is 10.8 Å². The number of benzene rings is 2. The number of aromatic hydroxyl groups is 1. The first kappa shape index (κ1) is 18.0. The molecule has 24 heavy (non-hydrogen) atoms. The van der Waals surface area contributed by atoms with E-state index in [2.05, 4.69) is 5.32 Å². The normalized spacial score (nSPS) is 14.2. The van der Waals surface area contributed by atoms with E-state index in [4.69, 9.17) is 4.74 Å². The van der Waals surface area contributed by atoms with Gasteiger partial charge in [-0.05, 0) is 55.3 Å². The second-order valence-corrected chi connectivity index (χ2v) is 6.69. The van der Waals surface area contributed by atoms with Crippen molar-refractivity contribution in [3.05, 3.63) is 42.0 Å². The largest absolute Gasteiger partial charge is 0.508 e. The molecule has 0 aliphatic carbocycles. The molecule has 1 amide bonds. The van der Waals surface area contributed by atoms with Gasteiger partial charge in [-0.15, -0.1) is 0 Å². The van der Waals surface area contributed by atoms with Gasteiger partial charge in [0.05, 0.1) is 0 Å². The molecule has 0 saturated carbocycles. The molecule has 0 bridgehead atoms. The molecule has 2 unspecified atom stereocenters. The van der Waals surface area contributed by atoms with E-state index < -0.39 is 23.9 Å². The van der Waals surface area contributed by atoms with Crippen LogP contribution in [0.15, 0.2) is 36.4 Å². The molecule has 0 fully saturated rings. The van der Waals surface area contributed by atoms with Crippen molar-refractivity contribution >= 4 is 16.9 Å². The van der Waals surface area contributed by atoms with E-state index in [1.165, 1.54) is 0 Å². The zero-order valence-electron chi connectivity index (χ0n) is 14.0. The SMILES string of the molecule is CC(C)(C)OC(=O)NCC(O)C(O)c1ccc2cc(O)ccc2c1. The summed E-state index contributed by atoms with van der Waals surface area (Å²) in [7, 11) is 0. The van der Waals surface area contributed by atoms with Crippen LogP contribution in [0.5, 0.6) is 5.75 Å². The highest BCUT2D eigenvalue weighted by Gasteiger charge is 2.21. The average molecular weight is 333 g/mol. The monoisotopic (exact) mass is 333 g/mol. The van der Waals surface area contributed by atoms with Crippen LogP contribution in [0.3, 0.4) is 0 Å². The predicted molar refractivity (Wildman–Crippen MR) is 90.8 cm³/mol. The summed E-state index contributed by atoms with van der Waals surface area (Å²) >= 11 is 0. The van der Waals surface area contributed by atoms with Gasteiger partial charge in [0, 0.05) is 6.54 Å². The molecule has 130 valence electrons. The first-order chi connectivity index (χ1) is 11.2. The lowest BCUT2D eigenvalue weighted by atomic mass is 10.00. The number of hydrogen-bond donors (Lipinski definition) is 4. The topological polar surface area (TPSA) is 99.0 Å². The van der Waals surface area contributed by atoms with Gasteiger partial charge in [-0.25, -0.2) is 4.79 Å². The average Bonchev–Trinajstić information content (AvgIpc) is 2.49. The Labute approximate surface area is 140 Å². The molecule has 6 nitrogen and oxygen atoms in total. The number of aliphatic hydroxyl groups excluding tert-OH is 2. The molecule has 0 radical (unpaired) electrons. The van der Waals surface area contributed by atoms with Crippen LogP contribution in [-0.2, 0) is 4.74 Å². The Hall–Kier alpha value is -2.31. The number of phenolic OH excluding ortho intramolecular Hbond substituents is 1. The van der Waals surface area contributed by atoms with Crippen LogP contribution in [0.2, 0.25) is 0 Å². The van der Waals surface area contributed by atoms with Gasteiger partial charge in [-0.2, -0.15) is 0 Å². The van der Waals surface area contributed by atoms with Crippen LogP contribution in [0.4, 0.5) is 4.79 Å². The van der Waals surface area contributed by atoms with E-state index in [0.29, 0.717) is 5.56 Å². The smallest absolute Gasteiger partial charge is 0.407 e. The van der Waals surface area contributed by atoms with Crippen molar-refractivity contribution in [1.82, 2.24) is 5.32 Å². The van der Waals surface area contributed by atoms with Gasteiger partial charge in [0.1, 0.15) is 23.6 Å². The summed E-state index contributed by atoms with van der Waals surface area (Å²) in [6.45, 7) is 5.09. The van der Waals surface area contributed by atoms with E-state index in [-0.39, 0.29) is 12.3 Å². The third-order valence-corrected chi connectivity index (χ3v) is 3.41. The summed E-state index contributed by atoms with van der Waals surface area (Å²) in [5, 5.41) is 33.9. The molecular formula is C18H23NO5. The van der Waals surface area contributed by atoms with Gasteiger partial charge in [0.15, 0.2) is 0 Å². The fourth-order valence-electron chi connectivity index (χ4n) is 2.27. The number of phenols is 1. The molecular weight excluding hydrogens is 310 g/mol. The van der Waals surface area contributed by atoms with Gasteiger partial charge < -0.3 is 25.4 Å². The molecule has 6 heteroatoms. The predicted octanol–water partition coefficient (Wildman–Crippen LogP) is 2.46. The van der Waals surface area contributed by atoms with Crippen molar-refractivity contribution in [3.8, 4) is 5.75 Å². The molecule has 0 saturated heterocycles. The van der Waals surface area contributed by atoms with Crippen LogP contribution in [0.25, 0.3) is 10.8 Å². The maximum atomic E-state index is 11.6. The third-order valence-electron chi connectivity index (χ3n) is 3.41. The Morgan fingerprint density at radius 3 is 2.42 bits per heavy atom. The Morgan fingerprint density at radius 1 is 1.12 bits per heavy atom. The second-order valence-electron chi connectivity index (χ2n) is 6.69. The highest BCUT2D eigenvalue weighted by atomic mass is 16.6. The molecule has 0 aromatic heterocycles. The highest BCUT2D eigenvalue weighted by Crippen LogP contribution is 2.25. The summed E-state index contributed by atoms with van der Waals surface area (Å²) in [6.07, 6.45) is -2.98. The summed E-state index contributed by atoms with van der Waals surface area (Å²) in [5.41, 5.74) is -0.107. The van der Waals surface area contributed by atoms with E-state index in [9.17, 15) is 20.1 Å². The Morgan fingerprint density at radius 2 is 1.75 bits per heavy atom. The van der Waals surface area contributed by atoms with Crippen LogP contribution in [0, 0.1) is 0 Å². The van der Waals surface area contributed by atoms with E-state index in [1.807, 2.05) is 0 Å². The van der Waals surface area contributed by atoms with Gasteiger partial charge in [-0.3, -0.25) is 0 Å². The molecule has 4 N–H and O–H groups in total. The maximum Gasteiger partial charge on any atom is 0.407 e. The van der Waals surface area contributed by atoms with Crippen LogP contribution >= 0.6 is 0 Å². The highest BCUT2D eigenvalue weighted by molar-refractivity contribution is 5.84. The Bertz CT molecular complexity index is 723. The lowest BCUT2D eigenvalue weighted by molar-refractivity contribution is 0.0130. The van der Waals surface area contributed by atoms with Crippen molar-refractivity contribution < 1.29 is 24.9 Å². The van der Waals surface area contributed by atoms with Crippen LogP contribution < -0.4 is 5.32 Å². The molecule has 2 aromatic rings. The third kappa shape index (κ3) is 4.84. The van der Waals surface area contributed by atoms with Gasteiger partial charge >= 0.3 is 6.09 Å². The molecule has 2 aromatic carbocycles. The van der Waals surface area contributed by atoms with E-state index >= 15 is 0 Å². The van der Waals surface area contributed by atoms with Crippen molar-refractivity contribution in [1.29, 1.82) is 0 Å². The number of ether oxygens (including phenoxy) is 1. The molecule has 0 aliphatic rings. The second kappa shape index (κ2) is 7.07. The first-order valence-corrected chi connectivity index (χ1v) is 7.71. The zero-order chi connectivity index (χ0) is 17.9. The number of nitrogens with one attached hydrogen (secondary N) is 1. The fourth-order valence-corrected chi connectivity index (χ4v) is 2.27. The minimum absolute atomic E-state index is 0.135. The standard InChI is InChI=1S/C18H23NO5/c1-18(2,3)24-17(23)19-10-15(21)16(22)13-5-4-12-9-14(20)7-6-11(12)8-13/h4-9,15-16,20-22H,10H2,1-3H3,(H,19,23). The number of rotatable bonds is 4. The van der Waals surface area contributed by atoms with Gasteiger partial charge in [0.25, 0.3) is 0 Å². The van der Waals surface area contributed by atoms with Crippen molar-refractivity contribution in [2.75, 3.05) is 6.54 Å². The lowest BCUT2D eigenvalue weighted by Gasteiger charge is -2.22. The molecule has 0 spiro atoms. The Kier molecular flexibility index (Phi) is 5.31. The quantitative estimate of drug-likeness (QED) is 0.689. The number of carbonyl (C=O) groups is 1. The minimum Gasteiger partial charge on any atom is -0.508 e. The van der Waals surface area contributed by atoms with Crippen molar-refractivity contribution in [2.45, 2.75) is 38.6 Å². The summed E-state index contributed by atoms with van der Waals surface area (Å²) in [6, 6.07) is 10.1. The number of amides is 1. The molecule has 2 rings (SSSR count). The Balaban J connectivity index is 2.01. The first-order valence-electron chi connectivity index (χ1n) is 7.71.